The first-order chi connectivity index (χ1) is 15.4. The lowest BCUT2D eigenvalue weighted by atomic mass is 10.1. The fraction of sp³-hybridized carbons (Fsp3) is 0.0870. The molecule has 0 saturated carbocycles. The summed E-state index contributed by atoms with van der Waals surface area (Å²) in [6, 6.07) is 14.7. The maximum Gasteiger partial charge on any atom is 0.354 e. The number of hydrogen-bond acceptors (Lipinski definition) is 6. The lowest BCUT2D eigenvalue weighted by Gasteiger charge is -2.11. The van der Waals surface area contributed by atoms with E-state index in [1.165, 1.54) is 42.7 Å². The van der Waals surface area contributed by atoms with Crippen LogP contribution in [-0.2, 0) is 16.1 Å². The minimum atomic E-state index is -0.675. The van der Waals surface area contributed by atoms with Crippen LogP contribution in [0.15, 0.2) is 70.1 Å². The summed E-state index contributed by atoms with van der Waals surface area (Å²) in [4.78, 5) is 38.0. The van der Waals surface area contributed by atoms with Gasteiger partial charge in [-0.15, -0.1) is 11.3 Å². The highest BCUT2D eigenvalue weighted by Gasteiger charge is 2.18. The van der Waals surface area contributed by atoms with Crippen LogP contribution in [0.4, 0.5) is 0 Å². The SMILES string of the molecule is COC(=O)/C(=C\c1cccs1)NC(=O)c1ccc(C(=O)NCc2cccc(O)c2)cc1Br. The summed E-state index contributed by atoms with van der Waals surface area (Å²) in [5, 5.41) is 16.7. The number of benzene rings is 2. The highest BCUT2D eigenvalue weighted by molar-refractivity contribution is 9.10. The lowest BCUT2D eigenvalue weighted by Crippen LogP contribution is -2.28. The van der Waals surface area contributed by atoms with Crippen LogP contribution in [0.5, 0.6) is 5.75 Å². The van der Waals surface area contributed by atoms with Gasteiger partial charge in [-0.05, 0) is 69.3 Å². The molecule has 0 saturated heterocycles. The molecule has 0 aliphatic heterocycles. The predicted octanol–water partition coefficient (Wildman–Crippen LogP) is 4.09. The van der Waals surface area contributed by atoms with E-state index in [0.717, 1.165) is 10.4 Å². The van der Waals surface area contributed by atoms with E-state index in [1.807, 2.05) is 11.4 Å². The van der Waals surface area contributed by atoms with Gasteiger partial charge in [-0.25, -0.2) is 4.79 Å². The first-order valence-corrected chi connectivity index (χ1v) is 11.0. The number of methoxy groups -OCH3 is 1. The number of halogens is 1. The fourth-order valence-electron chi connectivity index (χ4n) is 2.75. The number of hydrogen-bond donors (Lipinski definition) is 3. The highest BCUT2D eigenvalue weighted by atomic mass is 79.9. The van der Waals surface area contributed by atoms with Gasteiger partial charge in [0.15, 0.2) is 0 Å². The third-order valence-electron chi connectivity index (χ3n) is 4.32. The van der Waals surface area contributed by atoms with Crippen LogP contribution in [-0.4, -0.2) is 30.0 Å². The number of ether oxygens (including phenoxy) is 1. The second-order valence-corrected chi connectivity index (χ2v) is 8.40. The molecule has 0 spiro atoms. The van der Waals surface area contributed by atoms with Crippen molar-refractivity contribution in [3.05, 3.63) is 91.7 Å². The average molecular weight is 515 g/mol. The van der Waals surface area contributed by atoms with E-state index >= 15 is 0 Å². The van der Waals surface area contributed by atoms with E-state index in [1.54, 1.807) is 30.3 Å². The minimum absolute atomic E-state index is 0.000201. The Hall–Kier alpha value is -3.43. The maximum absolute atomic E-state index is 12.7. The number of rotatable bonds is 7. The van der Waals surface area contributed by atoms with Crippen molar-refractivity contribution < 1.29 is 24.2 Å². The monoisotopic (exact) mass is 514 g/mol. The smallest absolute Gasteiger partial charge is 0.354 e. The molecule has 32 heavy (non-hydrogen) atoms. The van der Waals surface area contributed by atoms with Gasteiger partial charge in [0.25, 0.3) is 11.8 Å². The number of thiophene rings is 1. The zero-order valence-corrected chi connectivity index (χ0v) is 19.3. The second kappa shape index (κ2) is 10.7. The molecule has 2 amide bonds. The van der Waals surface area contributed by atoms with Gasteiger partial charge in [-0.1, -0.05) is 18.2 Å². The summed E-state index contributed by atoms with van der Waals surface area (Å²) in [5.74, 6) is -1.43. The molecule has 3 aromatic rings. The summed E-state index contributed by atoms with van der Waals surface area (Å²) in [5.41, 5.74) is 1.34. The number of carbonyl (C=O) groups excluding carboxylic acids is 3. The van der Waals surface area contributed by atoms with Crippen molar-refractivity contribution in [1.29, 1.82) is 0 Å². The standard InChI is InChI=1S/C23H19BrN2O5S/c1-31-23(30)20(12-17-6-3-9-32-17)26-22(29)18-8-7-15(11-19(18)24)21(28)25-13-14-4-2-5-16(27)10-14/h2-12,27H,13H2,1H3,(H,25,28)(H,26,29)/b20-12+. The molecular formula is C23H19BrN2O5S. The van der Waals surface area contributed by atoms with Crippen LogP contribution >= 0.6 is 27.3 Å². The Balaban J connectivity index is 1.71. The number of phenolic OH excluding ortho intramolecular Hbond substituents is 1. The molecule has 0 radical (unpaired) electrons. The quantitative estimate of drug-likeness (QED) is 0.325. The van der Waals surface area contributed by atoms with Crippen molar-refractivity contribution in [2.75, 3.05) is 7.11 Å². The van der Waals surface area contributed by atoms with Crippen LogP contribution in [0, 0.1) is 0 Å². The number of aromatic hydroxyl groups is 1. The Morgan fingerprint density at radius 3 is 2.56 bits per heavy atom. The molecule has 164 valence electrons. The predicted molar refractivity (Wildman–Crippen MR) is 125 cm³/mol. The van der Waals surface area contributed by atoms with Crippen LogP contribution in [0.25, 0.3) is 6.08 Å². The molecule has 0 aliphatic carbocycles. The van der Waals surface area contributed by atoms with Crippen molar-refractivity contribution >= 4 is 51.1 Å². The van der Waals surface area contributed by atoms with Gasteiger partial charge in [-0.2, -0.15) is 0 Å². The van der Waals surface area contributed by atoms with Gasteiger partial charge in [0.1, 0.15) is 11.4 Å². The largest absolute Gasteiger partial charge is 0.508 e. The fourth-order valence-corrected chi connectivity index (χ4v) is 3.97. The maximum atomic E-state index is 12.7. The summed E-state index contributed by atoms with van der Waals surface area (Å²) in [6.07, 6.45) is 1.53. The molecular weight excluding hydrogens is 496 g/mol. The summed E-state index contributed by atoms with van der Waals surface area (Å²) >= 11 is 4.73. The average Bonchev–Trinajstić information content (AvgIpc) is 3.29. The highest BCUT2D eigenvalue weighted by Crippen LogP contribution is 2.20. The Labute approximate surface area is 196 Å². The molecule has 0 aliphatic rings. The van der Waals surface area contributed by atoms with Crippen LogP contribution in [0.1, 0.15) is 31.2 Å². The molecule has 3 N–H and O–H groups in total. The van der Waals surface area contributed by atoms with E-state index in [9.17, 15) is 19.5 Å². The van der Waals surface area contributed by atoms with Gasteiger partial charge >= 0.3 is 5.97 Å². The molecule has 3 rings (SSSR count). The molecule has 0 unspecified atom stereocenters. The lowest BCUT2D eigenvalue weighted by molar-refractivity contribution is -0.136. The molecule has 0 atom stereocenters. The van der Waals surface area contributed by atoms with Crippen LogP contribution in [0.3, 0.4) is 0 Å². The Morgan fingerprint density at radius 2 is 1.91 bits per heavy atom. The van der Waals surface area contributed by atoms with Crippen molar-refractivity contribution in [2.45, 2.75) is 6.54 Å². The third-order valence-corrected chi connectivity index (χ3v) is 5.80. The molecule has 0 bridgehead atoms. The minimum Gasteiger partial charge on any atom is -0.508 e. The van der Waals surface area contributed by atoms with Crippen molar-refractivity contribution in [2.24, 2.45) is 0 Å². The van der Waals surface area contributed by atoms with Gasteiger partial charge in [0.2, 0.25) is 0 Å². The van der Waals surface area contributed by atoms with E-state index in [2.05, 4.69) is 26.6 Å². The Morgan fingerprint density at radius 1 is 1.09 bits per heavy atom. The molecule has 1 aromatic heterocycles. The Kier molecular flexibility index (Phi) is 7.80. The van der Waals surface area contributed by atoms with Gasteiger partial charge in [0, 0.05) is 21.5 Å². The first-order valence-electron chi connectivity index (χ1n) is 9.38. The normalized spacial score (nSPS) is 11.0. The zero-order valence-electron chi connectivity index (χ0n) is 16.9. The zero-order chi connectivity index (χ0) is 23.1. The topological polar surface area (TPSA) is 105 Å². The molecule has 7 nitrogen and oxygen atoms in total. The number of nitrogens with one attached hydrogen (secondary N) is 2. The van der Waals surface area contributed by atoms with E-state index < -0.39 is 11.9 Å². The molecule has 0 fully saturated rings. The summed E-state index contributed by atoms with van der Waals surface area (Å²) < 4.78 is 5.14. The molecule has 9 heteroatoms. The van der Waals surface area contributed by atoms with Gasteiger partial charge < -0.3 is 20.5 Å². The second-order valence-electron chi connectivity index (χ2n) is 6.57. The molecule has 1 heterocycles. The van der Waals surface area contributed by atoms with E-state index in [4.69, 9.17) is 4.74 Å². The first kappa shape index (κ1) is 23.2. The van der Waals surface area contributed by atoms with Crippen LogP contribution in [0.2, 0.25) is 0 Å². The van der Waals surface area contributed by atoms with Crippen molar-refractivity contribution in [3.8, 4) is 5.75 Å². The number of carbonyl (C=O) groups is 3. The van der Waals surface area contributed by atoms with Crippen LogP contribution < -0.4 is 10.6 Å². The van der Waals surface area contributed by atoms with E-state index in [0.29, 0.717) is 10.0 Å². The van der Waals surface area contributed by atoms with Crippen molar-refractivity contribution in [1.82, 2.24) is 10.6 Å². The van der Waals surface area contributed by atoms with Gasteiger partial charge in [-0.3, -0.25) is 9.59 Å². The number of amides is 2. The third kappa shape index (κ3) is 6.05. The van der Waals surface area contributed by atoms with Gasteiger partial charge in [0.05, 0.1) is 12.7 Å². The number of phenols is 1. The van der Waals surface area contributed by atoms with E-state index in [-0.39, 0.29) is 29.5 Å². The molecule has 2 aromatic carbocycles. The van der Waals surface area contributed by atoms with Crippen molar-refractivity contribution in [3.63, 3.8) is 0 Å². The number of esters is 1. The summed E-state index contributed by atoms with van der Waals surface area (Å²) in [7, 11) is 1.23. The Bertz CT molecular complexity index is 1170. The summed E-state index contributed by atoms with van der Waals surface area (Å²) in [6.45, 7) is 0.239.